The number of aliphatic hydroxyl groups is 1. The van der Waals surface area contributed by atoms with Crippen molar-refractivity contribution in [2.75, 3.05) is 218 Å². The lowest BCUT2D eigenvalue weighted by Gasteiger charge is -2.52. The Bertz CT molecular complexity index is 5890. The second-order valence-corrected chi connectivity index (χ2v) is 45.1. The van der Waals surface area contributed by atoms with Crippen molar-refractivity contribution >= 4 is 80.4 Å². The molecule has 6 aliphatic carbocycles. The van der Waals surface area contributed by atoms with E-state index in [0.717, 1.165) is 166 Å². The summed E-state index contributed by atoms with van der Waals surface area (Å²) in [6.07, 6.45) is 31.9. The second kappa shape index (κ2) is 46.9. The third-order valence-corrected chi connectivity index (χ3v) is 34.7. The average Bonchev–Trinajstić information content (AvgIpc) is 1.60. The summed E-state index contributed by atoms with van der Waals surface area (Å²) in [4.78, 5) is 125. The number of nitrogens with two attached hydrogens (primary N) is 1. The first-order chi connectivity index (χ1) is 71.1. The lowest BCUT2D eigenvalue weighted by Crippen LogP contribution is -2.59. The van der Waals surface area contributed by atoms with Crippen LogP contribution in [-0.4, -0.2) is 326 Å². The number of nitrogens with zero attached hydrogens (tertiary/aromatic N) is 17. The molecule has 10 amide bonds. The Morgan fingerprint density at radius 1 is 0.507 bits per heavy atom. The van der Waals surface area contributed by atoms with Crippen LogP contribution in [0, 0.1) is 11.7 Å². The number of carbonyl (C=O) groups excluding carboxylic acids is 6. The maximum absolute atomic E-state index is 15.1. The van der Waals surface area contributed by atoms with Crippen molar-refractivity contribution in [3.63, 3.8) is 0 Å². The third kappa shape index (κ3) is 24.2. The SMILES string of the molecule is CN(CC(N)=O)c1ncc(N2CC3(CCC(c4ccccc4)(N(C)C)CC3)NC2=O)cn1.CN(c1ncc(N2CC3(CCC(c4ccccc4)(N(C)C)CC3)NC2=O)cn1)C1CCOCC1.CNC1(c2ccccc2)CCC2(CC1)CN(c1ccc(S(C)(=O)=O)cc1F)C(=O)N2CC1CC1.COCCOCCOCCOCCNC(=O)c1ncc(N2CC3(CCC(c4ccccc4)(N(C)C)CC3)N(CC3(O)CCC3)C2=O)cn1. The van der Waals surface area contributed by atoms with E-state index in [2.05, 4.69) is 216 Å². The van der Waals surface area contributed by atoms with Gasteiger partial charge in [0.05, 0.1) is 178 Å². The van der Waals surface area contributed by atoms with E-state index in [9.17, 15) is 42.3 Å². The number of aromatic nitrogens is 6. The highest BCUT2D eigenvalue weighted by Gasteiger charge is 2.60. The van der Waals surface area contributed by atoms with Gasteiger partial charge in [-0.1, -0.05) is 121 Å². The van der Waals surface area contributed by atoms with Gasteiger partial charge in [-0.2, -0.15) is 0 Å². The zero-order valence-corrected chi connectivity index (χ0v) is 88.7. The fourth-order valence-electron chi connectivity index (χ4n) is 23.9. The molecule has 8 aromatic rings. The Morgan fingerprint density at radius 3 is 1.36 bits per heavy atom. The molecule has 6 saturated carbocycles. The molecule has 0 unspecified atom stereocenters. The van der Waals surface area contributed by atoms with E-state index < -0.39 is 38.6 Å². The van der Waals surface area contributed by atoms with Crippen molar-refractivity contribution in [1.29, 1.82) is 0 Å². The summed E-state index contributed by atoms with van der Waals surface area (Å²) >= 11 is 0. The van der Waals surface area contributed by atoms with Gasteiger partial charge in [0, 0.05) is 82.0 Å². The van der Waals surface area contributed by atoms with Crippen molar-refractivity contribution in [2.24, 2.45) is 11.7 Å². The third-order valence-electron chi connectivity index (χ3n) is 33.6. The minimum absolute atomic E-state index is 0.00413. The lowest BCUT2D eigenvalue weighted by atomic mass is 9.67. The minimum Gasteiger partial charge on any atom is -0.388 e. The first-order valence-electron chi connectivity index (χ1n) is 52.4. The summed E-state index contributed by atoms with van der Waals surface area (Å²) in [5.74, 6) is 0.0736. The number of nitrogens with one attached hydrogen (secondary N) is 4. The van der Waals surface area contributed by atoms with E-state index in [-0.39, 0.29) is 85.8 Å². The van der Waals surface area contributed by atoms with Crippen LogP contribution in [0.15, 0.2) is 182 Å². The van der Waals surface area contributed by atoms with Gasteiger partial charge < -0.3 is 75.4 Å². The zero-order valence-electron chi connectivity index (χ0n) is 87.9. The molecule has 798 valence electrons. The van der Waals surface area contributed by atoms with Crippen molar-refractivity contribution in [3.05, 3.63) is 211 Å². The van der Waals surface area contributed by atoms with Crippen LogP contribution < -0.4 is 56.4 Å². The number of hydrogen-bond donors (Lipinski definition) is 6. The zero-order chi connectivity index (χ0) is 105. The molecule has 11 aliphatic rings. The van der Waals surface area contributed by atoms with E-state index in [1.807, 2.05) is 47.0 Å². The Kier molecular flexibility index (Phi) is 34.6. The Morgan fingerprint density at radius 2 is 0.926 bits per heavy atom. The van der Waals surface area contributed by atoms with Crippen LogP contribution in [-0.2, 0) is 60.5 Å². The smallest absolute Gasteiger partial charge is 0.325 e. The number of likely N-dealkylation sites (N-methyl/N-ethyl adjacent to an activating group) is 1. The first kappa shape index (κ1) is 109. The van der Waals surface area contributed by atoms with Gasteiger partial charge in [-0.3, -0.25) is 43.9 Å². The van der Waals surface area contributed by atoms with Crippen LogP contribution >= 0.6 is 0 Å². The predicted molar refractivity (Wildman–Crippen MR) is 567 cm³/mol. The summed E-state index contributed by atoms with van der Waals surface area (Å²) in [6, 6.07) is 46.2. The molecule has 4 spiro atoms. The fraction of sp³-hybridized carbons (Fsp3) is 0.564. The van der Waals surface area contributed by atoms with Gasteiger partial charge in [0.2, 0.25) is 23.6 Å². The maximum atomic E-state index is 15.1. The number of amides is 10. The Balaban J connectivity index is 0.000000143. The molecule has 19 rings (SSSR count). The molecule has 148 heavy (non-hydrogen) atoms. The van der Waals surface area contributed by atoms with Crippen LogP contribution in [0.2, 0.25) is 0 Å². The van der Waals surface area contributed by atoms with Crippen LogP contribution in [0.25, 0.3) is 0 Å². The summed E-state index contributed by atoms with van der Waals surface area (Å²) < 4.78 is 65.4. The molecule has 5 aromatic carbocycles. The van der Waals surface area contributed by atoms with Crippen molar-refractivity contribution < 1.29 is 70.4 Å². The number of sulfone groups is 1. The molecule has 0 atom stereocenters. The highest BCUT2D eigenvalue weighted by atomic mass is 32.2. The molecular weight excluding hydrogens is 1900 g/mol. The summed E-state index contributed by atoms with van der Waals surface area (Å²) in [5.41, 5.74) is 10.2. The molecule has 5 saturated heterocycles. The fourth-order valence-corrected chi connectivity index (χ4v) is 24.5. The number of rotatable bonds is 35. The highest BCUT2D eigenvalue weighted by molar-refractivity contribution is 7.90. The molecule has 38 heteroatoms. The quantitative estimate of drug-likeness (QED) is 0.0201. The number of primary amides is 1. The van der Waals surface area contributed by atoms with Gasteiger partial charge in [0.15, 0.2) is 9.84 Å². The molecule has 7 N–H and O–H groups in total. The number of anilines is 6. The van der Waals surface area contributed by atoms with Crippen molar-refractivity contribution in [3.8, 4) is 0 Å². The van der Waals surface area contributed by atoms with Gasteiger partial charge in [-0.25, -0.2) is 61.9 Å². The van der Waals surface area contributed by atoms with Crippen LogP contribution in [0.4, 0.5) is 58.2 Å². The number of benzene rings is 5. The number of methoxy groups -OCH3 is 1. The van der Waals surface area contributed by atoms with Crippen molar-refractivity contribution in [1.82, 2.24) is 75.7 Å². The van der Waals surface area contributed by atoms with E-state index >= 15 is 4.39 Å². The van der Waals surface area contributed by atoms with Gasteiger partial charge in [0.1, 0.15) is 5.82 Å². The topological polar surface area (TPSA) is 390 Å². The second-order valence-electron chi connectivity index (χ2n) is 43.1. The number of ether oxygens (including phenoxy) is 5. The number of halogens is 1. The largest absolute Gasteiger partial charge is 0.388 e. The van der Waals surface area contributed by atoms with Crippen LogP contribution in [0.3, 0.4) is 0 Å². The summed E-state index contributed by atoms with van der Waals surface area (Å²) in [6.45, 7) is 8.29. The molecular formula is C110H151FN22O14S. The number of β-amino-alcohol motifs (C(OH)–C–C–N with tert-alkyl or cyclic N) is 1. The van der Waals surface area contributed by atoms with Crippen LogP contribution in [0.1, 0.15) is 181 Å². The minimum atomic E-state index is -3.53. The van der Waals surface area contributed by atoms with Crippen LogP contribution in [0.5, 0.6) is 0 Å². The van der Waals surface area contributed by atoms with Gasteiger partial charge in [-0.05, 0) is 243 Å². The molecule has 0 bridgehead atoms. The van der Waals surface area contributed by atoms with Crippen molar-refractivity contribution in [2.45, 2.75) is 209 Å². The molecule has 5 aliphatic heterocycles. The average molecular weight is 2060 g/mol. The van der Waals surface area contributed by atoms with E-state index in [0.29, 0.717) is 140 Å². The first-order valence-corrected chi connectivity index (χ1v) is 54.3. The number of carbonyl (C=O) groups is 6. The predicted octanol–water partition coefficient (Wildman–Crippen LogP) is 12.2. The standard InChI is InChI=1S/C35H52N6O7.C26H32FN3O3S.C26H36N6O2.C23H31N7O2/c1-39(2)35(28-8-5-4-6-9-28)14-12-33(13-15-35)26-40(32(43)41(33)27-34(44)10-7-11-34)29-24-37-30(38-25-29)31(42)36-16-17-46-20-21-48-23-22-47-19-18-45-3;1-28-26(20-6-4-3-5-7-20)14-12-25(13-15-26)18-29(24(31)30(25)17-19-8-9-19)23-11-10-21(16-22(23)27)34(2,32)33;1-30(2)26(20-7-5-4-6-8-20)13-11-25(12-14-26)19-32(24(33)29-25)22-17-27-23(28-18-22)31(3)21-9-15-34-16-10-21;1-28(2)23(17-7-5-4-6-8-17)11-9-22(10-12-23)16-30(21(32)27-22)18-13-25-20(26-14-18)29(3)15-19(24)31/h4-6,8-9,24-25,44H,7,10-23,26-27H2,1-3H3,(H,36,42);3-7,10-11,16,19,28H,8-9,12-15,17-18H2,1-2H3;4-8,17-18,21H,9-16,19H2,1-3H3,(H,29,33);4-8,13-14H,9-12,15-16H2,1-3H3,(H2,24,31)(H,27,32). The summed E-state index contributed by atoms with van der Waals surface area (Å²) in [7, 11) is 16.7. The molecule has 36 nitrogen and oxygen atoms in total. The van der Waals surface area contributed by atoms with Gasteiger partial charge in [-0.15, -0.1) is 0 Å². The Hall–Kier alpha value is -11.6. The monoisotopic (exact) mass is 2060 g/mol. The molecule has 8 heterocycles. The van der Waals surface area contributed by atoms with Gasteiger partial charge in [0.25, 0.3) is 5.91 Å². The normalized spacial score (nSPS) is 25.8. The van der Waals surface area contributed by atoms with E-state index in [1.165, 1.54) is 39.3 Å². The lowest BCUT2D eigenvalue weighted by molar-refractivity contribution is -0.116. The number of urea groups is 4. The Labute approximate surface area is 870 Å². The highest BCUT2D eigenvalue weighted by Crippen LogP contribution is 2.55. The number of hydrogen-bond acceptors (Lipinski definition) is 26. The molecule has 11 fully saturated rings. The van der Waals surface area contributed by atoms with E-state index in [4.69, 9.17) is 29.4 Å². The van der Waals surface area contributed by atoms with Gasteiger partial charge >= 0.3 is 24.1 Å². The molecule has 3 aromatic heterocycles. The maximum Gasteiger partial charge on any atom is 0.325 e. The summed E-state index contributed by atoms with van der Waals surface area (Å²) in [5, 5.41) is 24.1. The van der Waals surface area contributed by atoms with E-state index in [1.54, 1.807) is 66.0 Å². The molecule has 0 radical (unpaired) electrons.